The van der Waals surface area contributed by atoms with Gasteiger partial charge in [0.25, 0.3) is 0 Å². The van der Waals surface area contributed by atoms with Gasteiger partial charge in [-0.3, -0.25) is 4.79 Å². The van der Waals surface area contributed by atoms with Crippen LogP contribution in [0.1, 0.15) is 103 Å². The van der Waals surface area contributed by atoms with Crippen molar-refractivity contribution in [3.63, 3.8) is 0 Å². The predicted molar refractivity (Wildman–Crippen MR) is 115 cm³/mol. The molecule has 0 heterocycles. The van der Waals surface area contributed by atoms with Crippen LogP contribution in [-0.4, -0.2) is 37.1 Å². The first kappa shape index (κ1) is 32.0. The van der Waals surface area contributed by atoms with Crippen LogP contribution in [-0.2, 0) is 24.4 Å². The van der Waals surface area contributed by atoms with E-state index in [0.29, 0.717) is 6.42 Å². The molecule has 30 heavy (non-hydrogen) atoms. The second-order valence-electron chi connectivity index (χ2n) is 7.53. The Balaban J connectivity index is 0. The molecule has 6 nitrogen and oxygen atoms in total. The molecule has 1 unspecified atom stereocenters. The third kappa shape index (κ3) is 21.0. The quantitative estimate of drug-likeness (QED) is 0.0697. The van der Waals surface area contributed by atoms with Gasteiger partial charge >= 0.3 is 35.5 Å². The summed E-state index contributed by atoms with van der Waals surface area (Å²) in [6.45, 7) is 2.42. The van der Waals surface area contributed by atoms with Crippen molar-refractivity contribution in [1.29, 1.82) is 0 Å². The molecule has 0 aliphatic carbocycles. The van der Waals surface area contributed by atoms with Crippen molar-refractivity contribution in [2.75, 3.05) is 6.61 Å². The molecule has 0 N–H and O–H groups in total. The molecule has 0 amide bonds. The van der Waals surface area contributed by atoms with Crippen LogP contribution in [0.4, 0.5) is 0 Å². The molecule has 0 fully saturated rings. The summed E-state index contributed by atoms with van der Waals surface area (Å²) in [7, 11) is -4.80. The van der Waals surface area contributed by atoms with Crippen LogP contribution in [0.2, 0.25) is 0 Å². The van der Waals surface area contributed by atoms with Gasteiger partial charge in [-0.05, 0) is 32.1 Å². The number of aldehydes is 1. The van der Waals surface area contributed by atoms with E-state index in [2.05, 4.69) is 19.1 Å². The molecule has 0 radical (unpaired) electrons. The van der Waals surface area contributed by atoms with Gasteiger partial charge in [-0.1, -0.05) is 76.9 Å². The summed E-state index contributed by atoms with van der Waals surface area (Å²) in [4.78, 5) is 22.0. The van der Waals surface area contributed by atoms with E-state index in [1.807, 2.05) is 0 Å². The van der Waals surface area contributed by atoms with E-state index in [0.717, 1.165) is 25.7 Å². The van der Waals surface area contributed by atoms with Crippen molar-refractivity contribution in [2.45, 2.75) is 108 Å². The van der Waals surface area contributed by atoms with Crippen LogP contribution in [0.3, 0.4) is 0 Å². The smallest absolute Gasteiger partial charge is 0.747 e. The maximum atomic E-state index is 11.4. The van der Waals surface area contributed by atoms with Crippen molar-refractivity contribution in [1.82, 2.24) is 0 Å². The van der Waals surface area contributed by atoms with Crippen LogP contribution >= 0.6 is 0 Å². The van der Waals surface area contributed by atoms with E-state index in [9.17, 15) is 22.6 Å². The number of rotatable bonds is 20. The van der Waals surface area contributed by atoms with Gasteiger partial charge in [-0.15, -0.1) is 0 Å². The van der Waals surface area contributed by atoms with E-state index < -0.39 is 27.8 Å². The SMILES string of the molecule is CCCCCCCC/C=C\CCCCCCCCOC(=O)CC(C=O)S(=O)(=O)[O-].[Na+]. The van der Waals surface area contributed by atoms with Crippen molar-refractivity contribution >= 4 is 22.4 Å². The Morgan fingerprint density at radius 1 is 0.867 bits per heavy atom. The summed E-state index contributed by atoms with van der Waals surface area (Å²) in [6, 6.07) is 0. The zero-order valence-corrected chi connectivity index (χ0v) is 21.8. The summed E-state index contributed by atoms with van der Waals surface area (Å²) in [5, 5.41) is -1.85. The van der Waals surface area contributed by atoms with Gasteiger partial charge in [0, 0.05) is 0 Å². The Morgan fingerprint density at radius 2 is 1.33 bits per heavy atom. The van der Waals surface area contributed by atoms with Crippen LogP contribution < -0.4 is 29.6 Å². The van der Waals surface area contributed by atoms with Gasteiger partial charge in [-0.25, -0.2) is 8.42 Å². The minimum atomic E-state index is -4.80. The molecule has 0 aliphatic rings. The number of hydrogen-bond donors (Lipinski definition) is 0. The Kier molecular flexibility index (Phi) is 23.4. The van der Waals surface area contributed by atoms with Gasteiger partial charge in [0.15, 0.2) is 0 Å². The molecule has 0 saturated carbocycles. The van der Waals surface area contributed by atoms with Crippen LogP contribution in [0.5, 0.6) is 0 Å². The van der Waals surface area contributed by atoms with E-state index >= 15 is 0 Å². The largest absolute Gasteiger partial charge is 1.00 e. The standard InChI is InChI=1S/C22H40O6S.Na/c1-2-3-4-5-6-7-8-9-10-11-12-13-14-15-16-17-18-28-22(24)19-21(20-23)29(25,26)27;/h9-10,20-21H,2-8,11-19H2,1H3,(H,25,26,27);/q;+1/p-1/b10-9-;. The van der Waals surface area contributed by atoms with E-state index in [1.54, 1.807) is 0 Å². The molecule has 0 aromatic carbocycles. The molecular formula is C22H39NaO6S. The normalized spacial score (nSPS) is 12.5. The molecule has 0 aliphatic heterocycles. The fourth-order valence-electron chi connectivity index (χ4n) is 2.98. The summed E-state index contributed by atoms with van der Waals surface area (Å²) < 4.78 is 37.1. The molecule has 0 bridgehead atoms. The molecule has 0 rings (SSSR count). The summed E-state index contributed by atoms with van der Waals surface area (Å²) in [5.41, 5.74) is 0. The van der Waals surface area contributed by atoms with Crippen molar-refractivity contribution in [2.24, 2.45) is 0 Å². The van der Waals surface area contributed by atoms with Crippen molar-refractivity contribution in [3.8, 4) is 0 Å². The average molecular weight is 455 g/mol. The third-order valence-electron chi connectivity index (χ3n) is 4.81. The van der Waals surface area contributed by atoms with Crippen LogP contribution in [0, 0.1) is 0 Å². The Morgan fingerprint density at radius 3 is 1.80 bits per heavy atom. The van der Waals surface area contributed by atoms with E-state index in [-0.39, 0.29) is 42.5 Å². The molecule has 8 heteroatoms. The molecule has 0 saturated heterocycles. The molecule has 0 spiro atoms. The first-order valence-corrected chi connectivity index (χ1v) is 12.6. The van der Waals surface area contributed by atoms with Gasteiger partial charge in [0.2, 0.25) is 0 Å². The van der Waals surface area contributed by atoms with E-state index in [4.69, 9.17) is 4.74 Å². The van der Waals surface area contributed by atoms with Gasteiger partial charge in [-0.2, -0.15) is 0 Å². The fourth-order valence-corrected chi connectivity index (χ4v) is 3.45. The molecular weight excluding hydrogens is 415 g/mol. The number of hydrogen-bond acceptors (Lipinski definition) is 6. The second kappa shape index (κ2) is 22.0. The number of ether oxygens (including phenoxy) is 1. The summed E-state index contributed by atoms with van der Waals surface area (Å²) >= 11 is 0. The minimum Gasteiger partial charge on any atom is -0.747 e. The molecule has 1 atom stereocenters. The first-order valence-electron chi connectivity index (χ1n) is 11.1. The Bertz CT molecular complexity index is 548. The zero-order valence-electron chi connectivity index (χ0n) is 19.0. The van der Waals surface area contributed by atoms with Crippen molar-refractivity contribution in [3.05, 3.63) is 12.2 Å². The number of unbranched alkanes of at least 4 members (excludes halogenated alkanes) is 12. The topological polar surface area (TPSA) is 101 Å². The van der Waals surface area contributed by atoms with Crippen LogP contribution in [0.25, 0.3) is 0 Å². The summed E-state index contributed by atoms with van der Waals surface area (Å²) in [5.74, 6) is -0.825. The summed E-state index contributed by atoms with van der Waals surface area (Å²) in [6.07, 6.45) is 20.4. The third-order valence-corrected chi connectivity index (χ3v) is 5.83. The zero-order chi connectivity index (χ0) is 21.8. The van der Waals surface area contributed by atoms with Crippen molar-refractivity contribution < 1.29 is 56.9 Å². The first-order chi connectivity index (χ1) is 13.9. The predicted octanol–water partition coefficient (Wildman–Crippen LogP) is 2.07. The fraction of sp³-hybridized carbons (Fsp3) is 0.818. The number of carbonyl (C=O) groups excluding carboxylic acids is 2. The molecule has 0 aromatic heterocycles. The Labute approximate surface area is 205 Å². The average Bonchev–Trinajstić information content (AvgIpc) is 2.67. The molecule has 0 aromatic rings. The molecule has 170 valence electrons. The monoisotopic (exact) mass is 454 g/mol. The Hall–Kier alpha value is -0.210. The second-order valence-corrected chi connectivity index (χ2v) is 9.12. The van der Waals surface area contributed by atoms with Gasteiger partial charge in [0.1, 0.15) is 21.7 Å². The number of esters is 1. The van der Waals surface area contributed by atoms with Crippen LogP contribution in [0.15, 0.2) is 12.2 Å². The maximum Gasteiger partial charge on any atom is 1.00 e. The number of carbonyl (C=O) groups is 2. The van der Waals surface area contributed by atoms with Gasteiger partial charge < -0.3 is 14.1 Å². The maximum absolute atomic E-state index is 11.4. The van der Waals surface area contributed by atoms with E-state index in [1.165, 1.54) is 57.8 Å². The minimum absolute atomic E-state index is 0. The van der Waals surface area contributed by atoms with Gasteiger partial charge in [0.05, 0.1) is 13.0 Å². The number of allylic oxidation sites excluding steroid dienone is 2.